The Kier molecular flexibility index (Phi) is 3.03. The Bertz CT molecular complexity index is 947. The lowest BCUT2D eigenvalue weighted by atomic mass is 10.1. The second kappa shape index (κ2) is 5.03. The first kappa shape index (κ1) is 12.6. The van der Waals surface area contributed by atoms with Crippen molar-refractivity contribution in [3.05, 3.63) is 63.7 Å². The summed E-state index contributed by atoms with van der Waals surface area (Å²) in [5, 5.41) is 14.0. The van der Waals surface area contributed by atoms with Crippen LogP contribution >= 0.6 is 22.6 Å². The molecular formula is C15H10IN5. The van der Waals surface area contributed by atoms with Crippen molar-refractivity contribution >= 4 is 39.1 Å². The second-order valence-corrected chi connectivity index (χ2v) is 5.85. The number of aromatic nitrogens is 5. The number of halogens is 1. The second-order valence-electron chi connectivity index (χ2n) is 4.75. The molecule has 0 saturated heterocycles. The fourth-order valence-electron chi connectivity index (χ4n) is 2.34. The number of benzene rings is 1. The quantitative estimate of drug-likeness (QED) is 0.497. The molecular weight excluding hydrogens is 377 g/mol. The molecule has 0 saturated carbocycles. The van der Waals surface area contributed by atoms with Crippen molar-refractivity contribution in [2.24, 2.45) is 0 Å². The Morgan fingerprint density at radius 2 is 2.00 bits per heavy atom. The highest BCUT2D eigenvalue weighted by atomic mass is 127. The summed E-state index contributed by atoms with van der Waals surface area (Å²) in [7, 11) is 0. The van der Waals surface area contributed by atoms with Crippen molar-refractivity contribution in [2.45, 2.75) is 6.42 Å². The van der Waals surface area contributed by atoms with E-state index in [1.54, 1.807) is 10.7 Å². The SMILES string of the molecule is Ic1ccc2nnc(Cc3ccc4ncccc4c3)n2n1. The van der Waals surface area contributed by atoms with Crippen molar-refractivity contribution in [1.29, 1.82) is 0 Å². The molecule has 0 amide bonds. The smallest absolute Gasteiger partial charge is 0.177 e. The van der Waals surface area contributed by atoms with E-state index in [4.69, 9.17) is 0 Å². The molecule has 0 aliphatic carbocycles. The molecule has 0 bridgehead atoms. The van der Waals surface area contributed by atoms with Crippen molar-refractivity contribution in [1.82, 2.24) is 24.8 Å². The molecule has 4 rings (SSSR count). The van der Waals surface area contributed by atoms with E-state index in [2.05, 4.69) is 61.1 Å². The van der Waals surface area contributed by atoms with E-state index < -0.39 is 0 Å². The van der Waals surface area contributed by atoms with Crippen molar-refractivity contribution in [3.63, 3.8) is 0 Å². The lowest BCUT2D eigenvalue weighted by Gasteiger charge is -2.02. The summed E-state index contributed by atoms with van der Waals surface area (Å²) >= 11 is 2.19. The highest BCUT2D eigenvalue weighted by Crippen LogP contribution is 2.16. The lowest BCUT2D eigenvalue weighted by Crippen LogP contribution is -2.01. The molecule has 0 unspecified atom stereocenters. The van der Waals surface area contributed by atoms with Gasteiger partial charge in [0.1, 0.15) is 3.70 Å². The third-order valence-corrected chi connectivity index (χ3v) is 3.90. The van der Waals surface area contributed by atoms with Crippen molar-refractivity contribution < 1.29 is 0 Å². The molecule has 4 aromatic rings. The Labute approximate surface area is 134 Å². The van der Waals surface area contributed by atoms with Crippen LogP contribution in [0.3, 0.4) is 0 Å². The van der Waals surface area contributed by atoms with E-state index in [9.17, 15) is 0 Å². The van der Waals surface area contributed by atoms with Gasteiger partial charge in [0.2, 0.25) is 0 Å². The minimum atomic E-state index is 0.694. The van der Waals surface area contributed by atoms with Gasteiger partial charge in [-0.2, -0.15) is 9.61 Å². The van der Waals surface area contributed by atoms with Crippen LogP contribution in [-0.4, -0.2) is 24.8 Å². The number of fused-ring (bicyclic) bond motifs is 2. The minimum absolute atomic E-state index is 0.694. The maximum Gasteiger partial charge on any atom is 0.177 e. The summed E-state index contributed by atoms with van der Waals surface area (Å²) in [5.74, 6) is 0.840. The van der Waals surface area contributed by atoms with Crippen LogP contribution in [-0.2, 0) is 6.42 Å². The standard InChI is InChI=1S/C15H10IN5/c16-13-5-6-14-18-19-15(21(14)20-13)9-10-3-4-12-11(8-10)2-1-7-17-12/h1-8H,9H2. The van der Waals surface area contributed by atoms with Gasteiger partial charge in [-0.3, -0.25) is 4.98 Å². The Morgan fingerprint density at radius 3 is 2.95 bits per heavy atom. The normalized spacial score (nSPS) is 11.3. The average molecular weight is 387 g/mol. The summed E-state index contributed by atoms with van der Waals surface area (Å²) in [6.07, 6.45) is 2.50. The fourth-order valence-corrected chi connectivity index (χ4v) is 2.73. The molecule has 6 heteroatoms. The van der Waals surface area contributed by atoms with Gasteiger partial charge in [0, 0.05) is 18.0 Å². The summed E-state index contributed by atoms with van der Waals surface area (Å²) in [6.45, 7) is 0. The number of nitrogens with zero attached hydrogens (tertiary/aromatic N) is 5. The first-order valence-corrected chi connectivity index (χ1v) is 7.58. The van der Waals surface area contributed by atoms with E-state index >= 15 is 0 Å². The Balaban J connectivity index is 1.77. The number of rotatable bonds is 2. The van der Waals surface area contributed by atoms with E-state index in [0.29, 0.717) is 6.42 Å². The molecule has 0 fully saturated rings. The van der Waals surface area contributed by atoms with Crippen LogP contribution in [0.1, 0.15) is 11.4 Å². The van der Waals surface area contributed by atoms with Crippen LogP contribution in [0.2, 0.25) is 0 Å². The topological polar surface area (TPSA) is 56.0 Å². The molecule has 0 radical (unpaired) electrons. The minimum Gasteiger partial charge on any atom is -0.256 e. The van der Waals surface area contributed by atoms with Gasteiger partial charge < -0.3 is 0 Å². The van der Waals surface area contributed by atoms with Crippen LogP contribution < -0.4 is 0 Å². The Hall–Kier alpha value is -2.09. The number of hydrogen-bond acceptors (Lipinski definition) is 4. The molecule has 1 aromatic carbocycles. The van der Waals surface area contributed by atoms with E-state index in [1.807, 2.05) is 24.3 Å². The van der Waals surface area contributed by atoms with Crippen molar-refractivity contribution in [2.75, 3.05) is 0 Å². The Morgan fingerprint density at radius 1 is 1.05 bits per heavy atom. The van der Waals surface area contributed by atoms with Gasteiger partial charge in [-0.1, -0.05) is 12.1 Å². The van der Waals surface area contributed by atoms with Gasteiger partial charge in [0.05, 0.1) is 5.52 Å². The highest BCUT2D eigenvalue weighted by Gasteiger charge is 2.08. The fraction of sp³-hybridized carbons (Fsp3) is 0.0667. The van der Waals surface area contributed by atoms with Gasteiger partial charge in [-0.05, 0) is 58.5 Å². The van der Waals surface area contributed by atoms with Gasteiger partial charge in [-0.25, -0.2) is 0 Å². The van der Waals surface area contributed by atoms with E-state index in [1.165, 1.54) is 5.56 Å². The molecule has 21 heavy (non-hydrogen) atoms. The first-order chi connectivity index (χ1) is 10.3. The molecule has 0 atom stereocenters. The van der Waals surface area contributed by atoms with Gasteiger partial charge in [-0.15, -0.1) is 10.2 Å². The molecule has 3 heterocycles. The molecule has 0 N–H and O–H groups in total. The molecule has 0 aliphatic heterocycles. The lowest BCUT2D eigenvalue weighted by molar-refractivity contribution is 0.827. The summed E-state index contributed by atoms with van der Waals surface area (Å²) in [5.41, 5.74) is 2.94. The van der Waals surface area contributed by atoms with E-state index in [-0.39, 0.29) is 0 Å². The molecule has 5 nitrogen and oxygen atoms in total. The molecule has 3 aromatic heterocycles. The maximum absolute atomic E-state index is 4.46. The van der Waals surface area contributed by atoms with Crippen LogP contribution in [0, 0.1) is 3.70 Å². The van der Waals surface area contributed by atoms with Crippen LogP contribution in [0.5, 0.6) is 0 Å². The predicted molar refractivity (Wildman–Crippen MR) is 88.0 cm³/mol. The van der Waals surface area contributed by atoms with Crippen molar-refractivity contribution in [3.8, 4) is 0 Å². The van der Waals surface area contributed by atoms with Crippen LogP contribution in [0.15, 0.2) is 48.7 Å². The van der Waals surface area contributed by atoms with Gasteiger partial charge in [0.25, 0.3) is 0 Å². The molecule has 0 aliphatic rings. The third-order valence-electron chi connectivity index (χ3n) is 3.32. The average Bonchev–Trinajstić information content (AvgIpc) is 2.89. The summed E-state index contributed by atoms with van der Waals surface area (Å²) in [4.78, 5) is 4.33. The third kappa shape index (κ3) is 2.35. The zero-order chi connectivity index (χ0) is 14.2. The zero-order valence-corrected chi connectivity index (χ0v) is 13.1. The van der Waals surface area contributed by atoms with Crippen LogP contribution in [0.25, 0.3) is 16.6 Å². The highest BCUT2D eigenvalue weighted by molar-refractivity contribution is 14.1. The maximum atomic E-state index is 4.46. The molecule has 102 valence electrons. The summed E-state index contributed by atoms with van der Waals surface area (Å²) < 4.78 is 2.72. The zero-order valence-electron chi connectivity index (χ0n) is 10.9. The van der Waals surface area contributed by atoms with Gasteiger partial charge in [0.15, 0.2) is 11.5 Å². The number of hydrogen-bond donors (Lipinski definition) is 0. The van der Waals surface area contributed by atoms with Gasteiger partial charge >= 0.3 is 0 Å². The largest absolute Gasteiger partial charge is 0.256 e. The van der Waals surface area contributed by atoms with E-state index in [0.717, 1.165) is 26.1 Å². The van der Waals surface area contributed by atoms with Crippen LogP contribution in [0.4, 0.5) is 0 Å². The summed E-state index contributed by atoms with van der Waals surface area (Å²) in [6, 6.07) is 14.1. The number of pyridine rings is 1. The monoisotopic (exact) mass is 387 g/mol. The molecule has 0 spiro atoms. The first-order valence-electron chi connectivity index (χ1n) is 6.50. The predicted octanol–water partition coefficient (Wildman–Crippen LogP) is 2.87.